The number of hydrogen-bond donors (Lipinski definition) is 0. The summed E-state index contributed by atoms with van der Waals surface area (Å²) in [4.78, 5) is 8.13. The number of benzene rings is 2. The molecule has 0 aliphatic rings. The summed E-state index contributed by atoms with van der Waals surface area (Å²) in [6, 6.07) is 21.5. The summed E-state index contributed by atoms with van der Waals surface area (Å²) in [5, 5.41) is 5.05. The van der Waals surface area contributed by atoms with Crippen molar-refractivity contribution in [1.29, 1.82) is 0 Å². The number of fused-ring (bicyclic) bond motifs is 1. The zero-order valence-corrected chi connectivity index (χ0v) is 14.5. The topological polar surface area (TPSA) is 25.8 Å². The molecule has 0 amide bonds. The summed E-state index contributed by atoms with van der Waals surface area (Å²) in [5.74, 6) is 0. The molecular formula is C24H20N2. The average Bonchev–Trinajstić information content (AvgIpc) is 2.72. The highest BCUT2D eigenvalue weighted by Gasteiger charge is 1.94. The summed E-state index contributed by atoms with van der Waals surface area (Å²) in [6.45, 7) is 0. The second-order valence-corrected chi connectivity index (χ2v) is 6.39. The van der Waals surface area contributed by atoms with Gasteiger partial charge in [-0.3, -0.25) is 9.97 Å². The van der Waals surface area contributed by atoms with Gasteiger partial charge in [-0.1, -0.05) is 36.4 Å². The molecule has 126 valence electrons. The lowest BCUT2D eigenvalue weighted by Gasteiger charge is -1.99. The van der Waals surface area contributed by atoms with Crippen molar-refractivity contribution in [3.8, 4) is 0 Å². The Hall–Kier alpha value is -3.26. The quantitative estimate of drug-likeness (QED) is 0.568. The minimum Gasteiger partial charge on any atom is -0.265 e. The number of nitrogens with zero attached hydrogens (tertiary/aromatic N) is 2. The molecule has 0 unspecified atom stereocenters. The van der Waals surface area contributed by atoms with Gasteiger partial charge in [0, 0.05) is 24.8 Å². The van der Waals surface area contributed by atoms with Gasteiger partial charge in [-0.2, -0.15) is 0 Å². The van der Waals surface area contributed by atoms with Crippen molar-refractivity contribution in [2.45, 2.75) is 12.8 Å². The highest BCUT2D eigenvalue weighted by Crippen LogP contribution is 2.08. The minimum absolute atomic E-state index is 0.922. The van der Waals surface area contributed by atoms with Crippen LogP contribution in [0.5, 0.6) is 0 Å². The maximum absolute atomic E-state index is 4.06. The predicted molar refractivity (Wildman–Crippen MR) is 108 cm³/mol. The molecule has 4 rings (SSSR count). The molecule has 0 radical (unpaired) electrons. The Morgan fingerprint density at radius 2 is 0.962 bits per heavy atom. The van der Waals surface area contributed by atoms with Crippen LogP contribution < -0.4 is 10.4 Å². The van der Waals surface area contributed by atoms with Crippen LogP contribution in [-0.2, 0) is 12.8 Å². The fraction of sp³-hybridized carbons (Fsp3) is 0.0833. The van der Waals surface area contributed by atoms with Crippen LogP contribution in [0.3, 0.4) is 0 Å². The Morgan fingerprint density at radius 3 is 1.38 bits per heavy atom. The lowest BCUT2D eigenvalue weighted by molar-refractivity contribution is 1.24. The molecule has 2 nitrogen and oxygen atoms in total. The van der Waals surface area contributed by atoms with E-state index >= 15 is 0 Å². The predicted octanol–water partition coefficient (Wildman–Crippen LogP) is 3.68. The zero-order valence-electron chi connectivity index (χ0n) is 14.5. The Bertz CT molecular complexity index is 1020. The Morgan fingerprint density at radius 1 is 0.538 bits per heavy atom. The third kappa shape index (κ3) is 4.04. The maximum Gasteiger partial charge on any atom is 0.0270 e. The summed E-state index contributed by atoms with van der Waals surface area (Å²) >= 11 is 0. The van der Waals surface area contributed by atoms with E-state index in [1.165, 1.54) is 32.3 Å². The lowest BCUT2D eigenvalue weighted by atomic mass is 10.1. The van der Waals surface area contributed by atoms with Gasteiger partial charge in [-0.25, -0.2) is 0 Å². The van der Waals surface area contributed by atoms with Gasteiger partial charge in [-0.15, -0.1) is 0 Å². The van der Waals surface area contributed by atoms with E-state index in [0.717, 1.165) is 12.8 Å². The summed E-state index contributed by atoms with van der Waals surface area (Å²) in [7, 11) is 0. The van der Waals surface area contributed by atoms with Gasteiger partial charge in [0.15, 0.2) is 0 Å². The molecule has 4 aromatic rings. The van der Waals surface area contributed by atoms with E-state index in [9.17, 15) is 0 Å². The Kier molecular flexibility index (Phi) is 4.83. The van der Waals surface area contributed by atoms with Crippen LogP contribution in [0, 0.1) is 0 Å². The van der Waals surface area contributed by atoms with Crippen molar-refractivity contribution >= 4 is 22.9 Å². The van der Waals surface area contributed by atoms with Gasteiger partial charge in [-0.05, 0) is 81.6 Å². The van der Waals surface area contributed by atoms with E-state index in [2.05, 4.69) is 82.8 Å². The first-order valence-electron chi connectivity index (χ1n) is 8.85. The van der Waals surface area contributed by atoms with Gasteiger partial charge in [0.25, 0.3) is 0 Å². The van der Waals surface area contributed by atoms with Gasteiger partial charge < -0.3 is 0 Å². The molecule has 0 fully saturated rings. The first-order chi connectivity index (χ1) is 12.9. The van der Waals surface area contributed by atoms with Gasteiger partial charge in [0.05, 0.1) is 0 Å². The molecule has 0 saturated carbocycles. The highest BCUT2D eigenvalue weighted by molar-refractivity contribution is 5.82. The van der Waals surface area contributed by atoms with E-state index in [0.29, 0.717) is 0 Å². The highest BCUT2D eigenvalue weighted by atomic mass is 14.6. The van der Waals surface area contributed by atoms with Crippen molar-refractivity contribution in [2.24, 2.45) is 0 Å². The SMILES string of the molecule is C(Cc1ccncc1)=c1ccc2cc(=CCc3ccncc3)ccc2c1. The standard InChI is InChI=1S/C24H20N2/c1(19-9-13-25-14-10-19)3-21-5-7-24-18-22(6-8-23(24)17-21)4-2-20-11-15-26-16-12-20/h3-18H,1-2H2. The van der Waals surface area contributed by atoms with Crippen LogP contribution in [0.4, 0.5) is 0 Å². The summed E-state index contributed by atoms with van der Waals surface area (Å²) in [6.07, 6.45) is 13.7. The number of rotatable bonds is 4. The van der Waals surface area contributed by atoms with Crippen LogP contribution in [0.15, 0.2) is 85.5 Å². The van der Waals surface area contributed by atoms with Crippen LogP contribution >= 0.6 is 0 Å². The molecular weight excluding hydrogens is 316 g/mol. The first kappa shape index (κ1) is 16.2. The van der Waals surface area contributed by atoms with Crippen LogP contribution in [0.25, 0.3) is 22.9 Å². The average molecular weight is 336 g/mol. The van der Waals surface area contributed by atoms with Crippen molar-refractivity contribution < 1.29 is 0 Å². The van der Waals surface area contributed by atoms with Crippen LogP contribution in [-0.4, -0.2) is 9.97 Å². The molecule has 0 spiro atoms. The van der Waals surface area contributed by atoms with Gasteiger partial charge in [0.1, 0.15) is 0 Å². The number of hydrogen-bond acceptors (Lipinski definition) is 2. The van der Waals surface area contributed by atoms with Crippen molar-refractivity contribution in [1.82, 2.24) is 9.97 Å². The molecule has 2 heterocycles. The molecule has 2 heteroatoms. The fourth-order valence-corrected chi connectivity index (χ4v) is 3.05. The summed E-state index contributed by atoms with van der Waals surface area (Å²) in [5.41, 5.74) is 2.56. The zero-order chi connectivity index (χ0) is 17.6. The number of aromatic nitrogens is 2. The molecule has 0 saturated heterocycles. The molecule has 0 aliphatic carbocycles. The van der Waals surface area contributed by atoms with Crippen LogP contribution in [0.2, 0.25) is 0 Å². The van der Waals surface area contributed by atoms with Crippen molar-refractivity contribution in [3.63, 3.8) is 0 Å². The fourth-order valence-electron chi connectivity index (χ4n) is 3.05. The first-order valence-corrected chi connectivity index (χ1v) is 8.85. The molecule has 2 aromatic heterocycles. The van der Waals surface area contributed by atoms with E-state index in [1.807, 2.05) is 24.8 Å². The Balaban J connectivity index is 1.58. The van der Waals surface area contributed by atoms with E-state index in [-0.39, 0.29) is 0 Å². The van der Waals surface area contributed by atoms with Crippen molar-refractivity contribution in [2.75, 3.05) is 0 Å². The molecule has 0 atom stereocenters. The largest absolute Gasteiger partial charge is 0.265 e. The van der Waals surface area contributed by atoms with E-state index < -0.39 is 0 Å². The second kappa shape index (κ2) is 7.75. The monoisotopic (exact) mass is 336 g/mol. The molecule has 2 aromatic carbocycles. The molecule has 26 heavy (non-hydrogen) atoms. The Labute approximate surface area is 153 Å². The summed E-state index contributed by atoms with van der Waals surface area (Å²) < 4.78 is 0. The third-order valence-corrected chi connectivity index (χ3v) is 4.53. The van der Waals surface area contributed by atoms with Crippen molar-refractivity contribution in [3.05, 3.63) is 107 Å². The molecule has 0 aliphatic heterocycles. The van der Waals surface area contributed by atoms with Gasteiger partial charge in [0.2, 0.25) is 0 Å². The minimum atomic E-state index is 0.922. The van der Waals surface area contributed by atoms with Crippen LogP contribution in [0.1, 0.15) is 11.1 Å². The second-order valence-electron chi connectivity index (χ2n) is 6.39. The lowest BCUT2D eigenvalue weighted by Crippen LogP contribution is -2.03. The molecule has 0 bridgehead atoms. The smallest absolute Gasteiger partial charge is 0.0270 e. The normalized spacial score (nSPS) is 12.6. The van der Waals surface area contributed by atoms with E-state index in [4.69, 9.17) is 0 Å². The number of pyridine rings is 2. The van der Waals surface area contributed by atoms with E-state index in [1.54, 1.807) is 0 Å². The third-order valence-electron chi connectivity index (χ3n) is 4.53. The molecule has 0 N–H and O–H groups in total. The maximum atomic E-state index is 4.06. The van der Waals surface area contributed by atoms with Gasteiger partial charge >= 0.3 is 0 Å².